The molecule has 0 aliphatic heterocycles. The number of rotatable bonds is 3. The third kappa shape index (κ3) is 2.50. The molecule has 5 heteroatoms. The van der Waals surface area contributed by atoms with Crippen LogP contribution in [0.1, 0.15) is 11.5 Å². The number of pyridine rings is 1. The lowest BCUT2D eigenvalue weighted by atomic mass is 10.1. The van der Waals surface area contributed by atoms with Gasteiger partial charge >= 0.3 is 5.97 Å². The Kier molecular flexibility index (Phi) is 3.39. The summed E-state index contributed by atoms with van der Waals surface area (Å²) in [5, 5.41) is 1.02. The molecule has 0 fully saturated rings. The molecule has 21 heavy (non-hydrogen) atoms. The third-order valence-electron chi connectivity index (χ3n) is 3.39. The Morgan fingerprint density at radius 1 is 1.33 bits per heavy atom. The zero-order chi connectivity index (χ0) is 14.8. The van der Waals surface area contributed by atoms with Crippen LogP contribution in [0.3, 0.4) is 0 Å². The number of methoxy groups -OCH3 is 1. The van der Waals surface area contributed by atoms with Crippen LogP contribution in [0.15, 0.2) is 42.7 Å². The number of imidazole rings is 1. The number of nitrogens with zero attached hydrogens (tertiary/aromatic N) is 3. The van der Waals surface area contributed by atoms with Crippen molar-refractivity contribution in [2.75, 3.05) is 7.11 Å². The second kappa shape index (κ2) is 5.36. The Morgan fingerprint density at radius 3 is 2.86 bits per heavy atom. The first kappa shape index (κ1) is 13.3. The normalized spacial score (nSPS) is 10.8. The van der Waals surface area contributed by atoms with Crippen LogP contribution in [-0.4, -0.2) is 27.6 Å². The summed E-state index contributed by atoms with van der Waals surface area (Å²) >= 11 is 0. The van der Waals surface area contributed by atoms with E-state index in [4.69, 9.17) is 4.74 Å². The van der Waals surface area contributed by atoms with Crippen molar-refractivity contribution in [3.8, 4) is 5.69 Å². The average molecular weight is 281 g/mol. The van der Waals surface area contributed by atoms with Gasteiger partial charge in [0.05, 0.1) is 30.4 Å². The number of aromatic nitrogens is 3. The lowest BCUT2D eigenvalue weighted by Gasteiger charge is -2.11. The maximum atomic E-state index is 11.5. The maximum Gasteiger partial charge on any atom is 0.311 e. The lowest BCUT2D eigenvalue weighted by molar-refractivity contribution is -0.139. The van der Waals surface area contributed by atoms with Crippen LogP contribution < -0.4 is 0 Å². The molecule has 0 radical (unpaired) electrons. The van der Waals surface area contributed by atoms with Gasteiger partial charge in [-0.05, 0) is 19.1 Å². The van der Waals surface area contributed by atoms with Crippen molar-refractivity contribution in [3.63, 3.8) is 0 Å². The monoisotopic (exact) mass is 281 g/mol. The van der Waals surface area contributed by atoms with Gasteiger partial charge in [0.25, 0.3) is 0 Å². The van der Waals surface area contributed by atoms with Gasteiger partial charge in [0.15, 0.2) is 0 Å². The summed E-state index contributed by atoms with van der Waals surface area (Å²) in [7, 11) is 1.38. The molecule has 0 atom stereocenters. The van der Waals surface area contributed by atoms with Crippen molar-refractivity contribution in [1.82, 2.24) is 14.5 Å². The zero-order valence-electron chi connectivity index (χ0n) is 11.9. The first-order valence-corrected chi connectivity index (χ1v) is 6.65. The first-order chi connectivity index (χ1) is 10.2. The van der Waals surface area contributed by atoms with E-state index in [0.29, 0.717) is 5.69 Å². The summed E-state index contributed by atoms with van der Waals surface area (Å²) in [5.74, 6) is 0.585. The van der Waals surface area contributed by atoms with E-state index in [0.717, 1.165) is 22.4 Å². The minimum absolute atomic E-state index is 0.155. The van der Waals surface area contributed by atoms with E-state index in [1.54, 1.807) is 6.20 Å². The largest absolute Gasteiger partial charge is 0.469 e. The second-order valence-electron chi connectivity index (χ2n) is 4.75. The molecule has 0 aliphatic rings. The molecular formula is C16H15N3O2. The number of para-hydroxylation sites is 1. The van der Waals surface area contributed by atoms with Crippen LogP contribution in [0.5, 0.6) is 0 Å². The highest BCUT2D eigenvalue weighted by molar-refractivity contribution is 5.88. The first-order valence-electron chi connectivity index (χ1n) is 6.65. The standard InChI is InChI=1S/C16H15N3O2/c1-11-17-7-8-19(11)15-9-12(10-16(20)21-2)18-14-6-4-3-5-13(14)15/h3-9H,10H2,1-2H3. The summed E-state index contributed by atoms with van der Waals surface area (Å²) in [6, 6.07) is 9.76. The molecule has 0 saturated carbocycles. The predicted octanol–water partition coefficient (Wildman–Crippen LogP) is 2.44. The van der Waals surface area contributed by atoms with Gasteiger partial charge in [-0.3, -0.25) is 9.78 Å². The summed E-state index contributed by atoms with van der Waals surface area (Å²) in [6.45, 7) is 1.94. The van der Waals surface area contributed by atoms with Gasteiger partial charge in [-0.25, -0.2) is 4.98 Å². The number of carbonyl (C=O) groups is 1. The molecule has 5 nitrogen and oxygen atoms in total. The number of ether oxygens (including phenoxy) is 1. The molecule has 0 saturated heterocycles. The SMILES string of the molecule is COC(=O)Cc1cc(-n2ccnc2C)c2ccccc2n1. The molecule has 0 amide bonds. The van der Waals surface area contributed by atoms with E-state index in [1.165, 1.54) is 7.11 Å². The zero-order valence-corrected chi connectivity index (χ0v) is 11.9. The number of esters is 1. The molecule has 3 rings (SSSR count). The van der Waals surface area contributed by atoms with Crippen LogP contribution >= 0.6 is 0 Å². The van der Waals surface area contributed by atoms with Gasteiger partial charge in [0, 0.05) is 17.8 Å². The fourth-order valence-electron chi connectivity index (χ4n) is 2.35. The highest BCUT2D eigenvalue weighted by atomic mass is 16.5. The van der Waals surface area contributed by atoms with Crippen LogP contribution in [0.4, 0.5) is 0 Å². The Bertz CT molecular complexity index is 808. The van der Waals surface area contributed by atoms with Crippen LogP contribution in [0.2, 0.25) is 0 Å². The van der Waals surface area contributed by atoms with Crippen molar-refractivity contribution in [2.24, 2.45) is 0 Å². The van der Waals surface area contributed by atoms with Gasteiger partial charge in [0.1, 0.15) is 5.82 Å². The molecule has 3 aromatic rings. The smallest absolute Gasteiger partial charge is 0.311 e. The average Bonchev–Trinajstić information content (AvgIpc) is 2.92. The van der Waals surface area contributed by atoms with Crippen molar-refractivity contribution in [2.45, 2.75) is 13.3 Å². The fraction of sp³-hybridized carbons (Fsp3) is 0.188. The molecule has 0 spiro atoms. The topological polar surface area (TPSA) is 57.0 Å². The molecular weight excluding hydrogens is 266 g/mol. The van der Waals surface area contributed by atoms with Crippen molar-refractivity contribution >= 4 is 16.9 Å². The Labute approximate surface area is 122 Å². The Hall–Kier alpha value is -2.69. The van der Waals surface area contributed by atoms with Crippen LogP contribution in [0.25, 0.3) is 16.6 Å². The summed E-state index contributed by atoms with van der Waals surface area (Å²) in [4.78, 5) is 20.3. The molecule has 0 unspecified atom stereocenters. The molecule has 1 aromatic carbocycles. The maximum absolute atomic E-state index is 11.5. The molecule has 106 valence electrons. The van der Waals surface area contributed by atoms with E-state index in [2.05, 4.69) is 9.97 Å². The van der Waals surface area contributed by atoms with Crippen molar-refractivity contribution in [1.29, 1.82) is 0 Å². The molecule has 2 heterocycles. The van der Waals surface area contributed by atoms with Crippen LogP contribution in [0, 0.1) is 6.92 Å². The van der Waals surface area contributed by atoms with Gasteiger partial charge in [-0.15, -0.1) is 0 Å². The quantitative estimate of drug-likeness (QED) is 0.692. The highest BCUT2D eigenvalue weighted by Gasteiger charge is 2.11. The van der Waals surface area contributed by atoms with E-state index in [9.17, 15) is 4.79 Å². The van der Waals surface area contributed by atoms with Crippen LogP contribution in [-0.2, 0) is 16.0 Å². The van der Waals surface area contributed by atoms with Gasteiger partial charge in [-0.1, -0.05) is 18.2 Å². The molecule has 0 aliphatic carbocycles. The van der Waals surface area contributed by atoms with E-state index in [1.807, 2.05) is 48.0 Å². The number of fused-ring (bicyclic) bond motifs is 1. The number of aryl methyl sites for hydroxylation is 1. The molecule has 2 aromatic heterocycles. The fourth-order valence-corrected chi connectivity index (χ4v) is 2.35. The summed E-state index contributed by atoms with van der Waals surface area (Å²) in [6.07, 6.45) is 3.81. The number of hydrogen-bond donors (Lipinski definition) is 0. The van der Waals surface area contributed by atoms with E-state index < -0.39 is 0 Å². The number of carbonyl (C=O) groups excluding carboxylic acids is 1. The predicted molar refractivity (Wildman–Crippen MR) is 79.3 cm³/mol. The van der Waals surface area contributed by atoms with E-state index in [-0.39, 0.29) is 12.4 Å². The minimum Gasteiger partial charge on any atom is -0.469 e. The Morgan fingerprint density at radius 2 is 2.14 bits per heavy atom. The highest BCUT2D eigenvalue weighted by Crippen LogP contribution is 2.23. The second-order valence-corrected chi connectivity index (χ2v) is 4.75. The summed E-state index contributed by atoms with van der Waals surface area (Å²) < 4.78 is 6.71. The number of hydrogen-bond acceptors (Lipinski definition) is 4. The van der Waals surface area contributed by atoms with E-state index >= 15 is 0 Å². The van der Waals surface area contributed by atoms with Gasteiger partial charge < -0.3 is 9.30 Å². The van der Waals surface area contributed by atoms with Gasteiger partial charge in [-0.2, -0.15) is 0 Å². The minimum atomic E-state index is -0.300. The van der Waals surface area contributed by atoms with Gasteiger partial charge in [0.2, 0.25) is 0 Å². The van der Waals surface area contributed by atoms with Crippen molar-refractivity contribution < 1.29 is 9.53 Å². The molecule has 0 N–H and O–H groups in total. The van der Waals surface area contributed by atoms with Crippen molar-refractivity contribution in [3.05, 3.63) is 54.2 Å². The number of benzene rings is 1. The third-order valence-corrected chi connectivity index (χ3v) is 3.39. The Balaban J connectivity index is 2.21. The summed E-state index contributed by atoms with van der Waals surface area (Å²) in [5.41, 5.74) is 2.50. The molecule has 0 bridgehead atoms. The lowest BCUT2D eigenvalue weighted by Crippen LogP contribution is -2.08.